The number of halogens is 1. The summed E-state index contributed by atoms with van der Waals surface area (Å²) in [7, 11) is 0. The number of phenols is 1. The topological polar surface area (TPSA) is 107 Å². The minimum atomic E-state index is -1.66. The van der Waals surface area contributed by atoms with Gasteiger partial charge in [0.1, 0.15) is 11.3 Å². The van der Waals surface area contributed by atoms with E-state index in [2.05, 4.69) is 5.32 Å². The van der Waals surface area contributed by atoms with Crippen molar-refractivity contribution < 1.29 is 24.6 Å². The lowest BCUT2D eigenvalue weighted by Crippen LogP contribution is -2.53. The predicted molar refractivity (Wildman–Crippen MR) is 104 cm³/mol. The highest BCUT2D eigenvalue weighted by atomic mass is 35.5. The van der Waals surface area contributed by atoms with Crippen molar-refractivity contribution in [3.63, 3.8) is 0 Å². The number of aromatic hydroxyl groups is 1. The second kappa shape index (κ2) is 6.86. The van der Waals surface area contributed by atoms with E-state index in [0.717, 1.165) is 10.5 Å². The number of amides is 2. The molecule has 7 nitrogen and oxygen atoms in total. The summed E-state index contributed by atoms with van der Waals surface area (Å²) < 4.78 is 0. The van der Waals surface area contributed by atoms with Crippen LogP contribution in [0.25, 0.3) is 0 Å². The number of rotatable bonds is 4. The molecular formula is C21H19ClN2O5. The summed E-state index contributed by atoms with van der Waals surface area (Å²) in [4.78, 5) is 39.6. The van der Waals surface area contributed by atoms with Crippen LogP contribution in [0, 0.1) is 11.8 Å². The third-order valence-electron chi connectivity index (χ3n) is 5.83. The first-order valence-corrected chi connectivity index (χ1v) is 9.50. The molecule has 0 unspecified atom stereocenters. The lowest BCUT2D eigenvalue weighted by Gasteiger charge is -2.27. The quantitative estimate of drug-likeness (QED) is 0.663. The molecule has 2 aromatic carbocycles. The number of carbonyl (C=O) groups is 3. The highest BCUT2D eigenvalue weighted by Crippen LogP contribution is 2.50. The van der Waals surface area contributed by atoms with Crippen LogP contribution in [-0.4, -0.2) is 38.4 Å². The second-order valence-electron chi connectivity index (χ2n) is 7.58. The van der Waals surface area contributed by atoms with E-state index in [9.17, 15) is 24.6 Å². The Labute approximate surface area is 171 Å². The van der Waals surface area contributed by atoms with Crippen LogP contribution >= 0.6 is 11.6 Å². The highest BCUT2D eigenvalue weighted by Gasteiger charge is 2.66. The fraction of sp³-hybridized carbons (Fsp3) is 0.286. The van der Waals surface area contributed by atoms with Gasteiger partial charge in [-0.3, -0.25) is 24.6 Å². The molecule has 2 heterocycles. The molecule has 2 aliphatic rings. The van der Waals surface area contributed by atoms with Gasteiger partial charge in [-0.05, 0) is 30.7 Å². The lowest BCUT2D eigenvalue weighted by molar-refractivity contribution is -0.150. The maximum Gasteiger partial charge on any atom is 0.324 e. The number of carbonyl (C=O) groups excluding carboxylic acids is 2. The Hall–Kier alpha value is -2.90. The highest BCUT2D eigenvalue weighted by molar-refractivity contribution is 6.30. The van der Waals surface area contributed by atoms with E-state index in [1.165, 1.54) is 25.1 Å². The molecule has 4 atom stereocenters. The van der Waals surface area contributed by atoms with Crippen molar-refractivity contribution in [2.75, 3.05) is 0 Å². The Balaban J connectivity index is 1.78. The monoisotopic (exact) mass is 414 g/mol. The Bertz CT molecular complexity index is 1010. The molecule has 3 N–H and O–H groups in total. The Morgan fingerprint density at radius 1 is 1.17 bits per heavy atom. The average Bonchev–Trinajstić information content (AvgIpc) is 3.14. The number of nitrogens with one attached hydrogen (secondary N) is 1. The number of benzene rings is 2. The van der Waals surface area contributed by atoms with Gasteiger partial charge in [0, 0.05) is 16.6 Å². The zero-order valence-corrected chi connectivity index (χ0v) is 16.3. The number of fused-ring (bicyclic) bond motifs is 1. The Kier molecular flexibility index (Phi) is 4.59. The van der Waals surface area contributed by atoms with Gasteiger partial charge < -0.3 is 10.2 Å². The summed E-state index contributed by atoms with van der Waals surface area (Å²) in [5, 5.41) is 23.4. The van der Waals surface area contributed by atoms with E-state index >= 15 is 0 Å². The van der Waals surface area contributed by atoms with E-state index in [4.69, 9.17) is 11.6 Å². The summed E-state index contributed by atoms with van der Waals surface area (Å²) in [6, 6.07) is 12.5. The number of carboxylic acid groups (broad SMARTS) is 1. The van der Waals surface area contributed by atoms with Gasteiger partial charge in [0.25, 0.3) is 0 Å². The molecule has 2 aromatic rings. The largest absolute Gasteiger partial charge is 0.508 e. The van der Waals surface area contributed by atoms with Crippen LogP contribution in [0.2, 0.25) is 5.02 Å². The molecular weight excluding hydrogens is 396 g/mol. The smallest absolute Gasteiger partial charge is 0.324 e. The molecule has 29 heavy (non-hydrogen) atoms. The van der Waals surface area contributed by atoms with Crippen LogP contribution < -0.4 is 5.32 Å². The number of hydrogen-bond acceptors (Lipinski definition) is 5. The zero-order valence-electron chi connectivity index (χ0n) is 15.5. The van der Waals surface area contributed by atoms with Crippen molar-refractivity contribution in [1.29, 1.82) is 0 Å². The number of hydrogen-bond donors (Lipinski definition) is 3. The molecule has 2 amide bonds. The van der Waals surface area contributed by atoms with E-state index in [1.54, 1.807) is 24.3 Å². The molecule has 0 spiro atoms. The van der Waals surface area contributed by atoms with Crippen molar-refractivity contribution in [2.45, 2.75) is 25.0 Å². The minimum Gasteiger partial charge on any atom is -0.508 e. The Morgan fingerprint density at radius 3 is 2.52 bits per heavy atom. The van der Waals surface area contributed by atoms with Crippen molar-refractivity contribution >= 4 is 29.4 Å². The van der Waals surface area contributed by atoms with E-state index in [-0.39, 0.29) is 12.3 Å². The number of imide groups is 1. The first-order valence-electron chi connectivity index (χ1n) is 9.12. The van der Waals surface area contributed by atoms with Crippen molar-refractivity contribution in [3.05, 3.63) is 64.7 Å². The fourth-order valence-electron chi connectivity index (χ4n) is 4.36. The average molecular weight is 415 g/mol. The molecule has 4 rings (SSSR count). The molecule has 8 heteroatoms. The summed E-state index contributed by atoms with van der Waals surface area (Å²) >= 11 is 6.06. The third kappa shape index (κ3) is 2.97. The molecule has 2 fully saturated rings. The SMILES string of the molecule is C[C@]1(C(=O)O)N[C@H](c2cc(Cl)ccc2O)[C@@H]2C(=O)N(Cc3ccccc3)C(=O)[C@H]21. The van der Waals surface area contributed by atoms with Crippen LogP contribution in [0.4, 0.5) is 0 Å². The fourth-order valence-corrected chi connectivity index (χ4v) is 4.54. The standard InChI is InChI=1S/C21H19ClN2O5/c1-21(20(28)29)16-15(17(23-21)13-9-12(22)7-8-14(13)25)18(26)24(19(16)27)10-11-5-3-2-4-6-11/h2-9,15-17,23,25H,10H2,1H3,(H,28,29)/t15-,16+,17-,21+/m1/s1. The van der Waals surface area contributed by atoms with Gasteiger partial charge in [-0.1, -0.05) is 41.9 Å². The summed E-state index contributed by atoms with van der Waals surface area (Å²) in [5.41, 5.74) is -0.607. The number of carboxylic acids is 1. The normalized spacial score (nSPS) is 28.6. The van der Waals surface area contributed by atoms with Gasteiger partial charge in [0.15, 0.2) is 0 Å². The number of phenolic OH excluding ortho intramolecular Hbond substituents is 1. The molecule has 0 aliphatic carbocycles. The van der Waals surface area contributed by atoms with E-state index in [0.29, 0.717) is 10.6 Å². The predicted octanol–water partition coefficient (Wildman–Crippen LogP) is 2.33. The van der Waals surface area contributed by atoms with Crippen molar-refractivity contribution in [3.8, 4) is 5.75 Å². The molecule has 0 bridgehead atoms. The molecule has 0 radical (unpaired) electrons. The van der Waals surface area contributed by atoms with Gasteiger partial charge >= 0.3 is 5.97 Å². The van der Waals surface area contributed by atoms with Gasteiger partial charge in [-0.15, -0.1) is 0 Å². The van der Waals surface area contributed by atoms with Crippen molar-refractivity contribution in [2.24, 2.45) is 11.8 Å². The summed E-state index contributed by atoms with van der Waals surface area (Å²) in [6.45, 7) is 1.46. The van der Waals surface area contributed by atoms with Gasteiger partial charge in [-0.2, -0.15) is 0 Å². The van der Waals surface area contributed by atoms with Crippen LogP contribution in [0.5, 0.6) is 5.75 Å². The first kappa shape index (κ1) is 19.4. The van der Waals surface area contributed by atoms with Crippen LogP contribution in [0.1, 0.15) is 24.1 Å². The third-order valence-corrected chi connectivity index (χ3v) is 6.07. The van der Waals surface area contributed by atoms with Gasteiger partial charge in [0.2, 0.25) is 11.8 Å². The summed E-state index contributed by atoms with van der Waals surface area (Å²) in [5.74, 6) is -4.42. The first-order chi connectivity index (χ1) is 13.7. The number of nitrogens with zero attached hydrogens (tertiary/aromatic N) is 1. The van der Waals surface area contributed by atoms with Crippen LogP contribution in [0.15, 0.2) is 48.5 Å². The van der Waals surface area contributed by atoms with Gasteiger partial charge in [0.05, 0.1) is 18.4 Å². The number of aliphatic carboxylic acids is 1. The van der Waals surface area contributed by atoms with E-state index < -0.39 is 41.2 Å². The summed E-state index contributed by atoms with van der Waals surface area (Å²) in [6.07, 6.45) is 0. The minimum absolute atomic E-state index is 0.0649. The lowest BCUT2D eigenvalue weighted by atomic mass is 9.80. The number of likely N-dealkylation sites (tertiary alicyclic amines) is 1. The maximum absolute atomic E-state index is 13.2. The molecule has 0 aromatic heterocycles. The molecule has 2 aliphatic heterocycles. The Morgan fingerprint density at radius 2 is 1.86 bits per heavy atom. The zero-order chi connectivity index (χ0) is 20.9. The molecule has 150 valence electrons. The van der Waals surface area contributed by atoms with Crippen molar-refractivity contribution in [1.82, 2.24) is 10.2 Å². The second-order valence-corrected chi connectivity index (χ2v) is 8.02. The van der Waals surface area contributed by atoms with Crippen LogP contribution in [0.3, 0.4) is 0 Å². The maximum atomic E-state index is 13.2. The molecule has 0 saturated carbocycles. The molecule has 2 saturated heterocycles. The van der Waals surface area contributed by atoms with Crippen LogP contribution in [-0.2, 0) is 20.9 Å². The van der Waals surface area contributed by atoms with Gasteiger partial charge in [-0.25, -0.2) is 0 Å². The van der Waals surface area contributed by atoms with E-state index in [1.807, 2.05) is 6.07 Å².